The minimum atomic E-state index is -1.29. The Morgan fingerprint density at radius 1 is 1.21 bits per heavy atom. The number of thiazole rings is 1. The van der Waals surface area contributed by atoms with Gasteiger partial charge in [0.25, 0.3) is 5.91 Å². The molecule has 0 radical (unpaired) electrons. The van der Waals surface area contributed by atoms with Gasteiger partial charge in [0.2, 0.25) is 0 Å². The number of methoxy groups -OCH3 is 1. The van der Waals surface area contributed by atoms with Gasteiger partial charge < -0.3 is 9.84 Å². The lowest BCUT2D eigenvalue weighted by atomic mass is 9.83. The molecule has 39 heavy (non-hydrogen) atoms. The first kappa shape index (κ1) is 28.6. The Bertz CT molecular complexity index is 1430. The number of carboxylic acid groups (broad SMARTS) is 1. The molecule has 1 aliphatic rings. The summed E-state index contributed by atoms with van der Waals surface area (Å²) in [6, 6.07) is 7.98. The summed E-state index contributed by atoms with van der Waals surface area (Å²) in [7, 11) is 1.75. The molecule has 0 aliphatic heterocycles. The fraction of sp³-hybridized carbons (Fsp3) is 0.367. The first-order valence-electron chi connectivity index (χ1n) is 12.7. The summed E-state index contributed by atoms with van der Waals surface area (Å²) < 4.78 is 34.8. The Kier molecular flexibility index (Phi) is 8.32. The molecule has 0 saturated heterocycles. The van der Waals surface area contributed by atoms with Gasteiger partial charge in [0, 0.05) is 34.3 Å². The number of aryl methyl sites for hydroxylation is 2. The number of aromatic nitrogens is 1. The maximum absolute atomic E-state index is 14.5. The van der Waals surface area contributed by atoms with E-state index in [0.29, 0.717) is 5.13 Å². The monoisotopic (exact) mass is 554 g/mol. The first-order valence-corrected chi connectivity index (χ1v) is 13.6. The normalized spacial score (nSPS) is 14.0. The van der Waals surface area contributed by atoms with Crippen LogP contribution in [0.15, 0.2) is 35.9 Å². The van der Waals surface area contributed by atoms with Crippen LogP contribution in [-0.2, 0) is 28.8 Å². The van der Waals surface area contributed by atoms with Crippen molar-refractivity contribution in [2.75, 3.05) is 12.4 Å². The van der Waals surface area contributed by atoms with Gasteiger partial charge in [0.15, 0.2) is 5.13 Å². The van der Waals surface area contributed by atoms with Crippen LogP contribution in [0.5, 0.6) is 0 Å². The number of nitrogens with one attached hydrogen (secondary N) is 1. The second kappa shape index (κ2) is 11.4. The van der Waals surface area contributed by atoms with E-state index in [2.05, 4.69) is 37.1 Å². The smallest absolute Gasteiger partial charge is 0.331 e. The highest BCUT2D eigenvalue weighted by molar-refractivity contribution is 7.16. The van der Waals surface area contributed by atoms with E-state index in [1.165, 1.54) is 29.4 Å². The van der Waals surface area contributed by atoms with Crippen LogP contribution in [0.1, 0.15) is 66.0 Å². The van der Waals surface area contributed by atoms with E-state index in [9.17, 15) is 18.4 Å². The maximum atomic E-state index is 14.5. The zero-order valence-electron chi connectivity index (χ0n) is 22.7. The molecule has 0 saturated carbocycles. The minimum absolute atomic E-state index is 0.0407. The predicted octanol–water partition coefficient (Wildman–Crippen LogP) is 6.92. The van der Waals surface area contributed by atoms with Crippen molar-refractivity contribution in [2.24, 2.45) is 5.41 Å². The number of rotatable bonds is 8. The summed E-state index contributed by atoms with van der Waals surface area (Å²) in [5, 5.41) is 12.0. The third-order valence-electron chi connectivity index (χ3n) is 7.01. The zero-order chi connectivity index (χ0) is 28.5. The molecule has 6 nitrogen and oxygen atoms in total. The van der Waals surface area contributed by atoms with Gasteiger partial charge in [-0.15, -0.1) is 11.3 Å². The van der Waals surface area contributed by atoms with Gasteiger partial charge in [-0.3, -0.25) is 10.1 Å². The second-order valence-corrected chi connectivity index (χ2v) is 11.9. The summed E-state index contributed by atoms with van der Waals surface area (Å²) in [5.74, 6) is -4.04. The molecular weight excluding hydrogens is 522 g/mol. The van der Waals surface area contributed by atoms with Crippen molar-refractivity contribution < 1.29 is 28.2 Å². The lowest BCUT2D eigenvalue weighted by Gasteiger charge is -2.30. The van der Waals surface area contributed by atoms with Gasteiger partial charge in [-0.2, -0.15) is 0 Å². The number of ether oxygens (including phenoxy) is 1. The topological polar surface area (TPSA) is 88.5 Å². The van der Waals surface area contributed by atoms with Gasteiger partial charge in [-0.25, -0.2) is 18.6 Å². The Balaban J connectivity index is 1.54. The number of amides is 1. The number of nitrogens with zero attached hydrogens (tertiary/aromatic N) is 1. The van der Waals surface area contributed by atoms with Crippen molar-refractivity contribution in [1.82, 2.24) is 4.98 Å². The molecule has 1 amide bonds. The summed E-state index contributed by atoms with van der Waals surface area (Å²) >= 11 is 1.35. The third-order valence-corrected chi connectivity index (χ3v) is 8.04. The molecule has 2 N–H and O–H groups in total. The molecule has 1 aliphatic carbocycles. The highest BCUT2D eigenvalue weighted by atomic mass is 32.1. The summed E-state index contributed by atoms with van der Waals surface area (Å²) in [6.07, 6.45) is 4.47. The second-order valence-electron chi connectivity index (χ2n) is 10.8. The lowest BCUT2D eigenvalue weighted by molar-refractivity contribution is -0.132. The molecule has 1 unspecified atom stereocenters. The largest absolute Gasteiger partial charge is 0.478 e. The fourth-order valence-corrected chi connectivity index (χ4v) is 5.87. The number of benzene rings is 2. The van der Waals surface area contributed by atoms with Gasteiger partial charge in [0.1, 0.15) is 11.6 Å². The SMILES string of the molecule is COC(CCc1cccc2c1CCc1sc(NC(=O)c3cc(F)c(/C=C(\C)C(=O)O)c(F)c3)nc1-2)C(C)(C)C. The molecule has 1 heterocycles. The van der Waals surface area contributed by atoms with E-state index in [4.69, 9.17) is 9.84 Å². The first-order chi connectivity index (χ1) is 18.4. The van der Waals surface area contributed by atoms with Gasteiger partial charge in [-0.1, -0.05) is 39.0 Å². The Morgan fingerprint density at radius 2 is 1.90 bits per heavy atom. The van der Waals surface area contributed by atoms with E-state index >= 15 is 0 Å². The molecule has 2 aromatic carbocycles. The molecule has 3 aromatic rings. The van der Waals surface area contributed by atoms with Crippen molar-refractivity contribution >= 4 is 34.4 Å². The van der Waals surface area contributed by atoms with Crippen molar-refractivity contribution in [2.45, 2.75) is 59.5 Å². The molecule has 0 bridgehead atoms. The molecule has 0 fully saturated rings. The van der Waals surface area contributed by atoms with Crippen molar-refractivity contribution in [3.8, 4) is 11.3 Å². The summed E-state index contributed by atoms with van der Waals surface area (Å²) in [4.78, 5) is 29.5. The van der Waals surface area contributed by atoms with Crippen molar-refractivity contribution in [1.29, 1.82) is 0 Å². The number of halogens is 2. The van der Waals surface area contributed by atoms with Gasteiger partial charge in [0.05, 0.1) is 11.8 Å². The number of hydrogen-bond donors (Lipinski definition) is 2. The Morgan fingerprint density at radius 3 is 2.51 bits per heavy atom. The van der Waals surface area contributed by atoms with Crippen LogP contribution < -0.4 is 5.32 Å². The van der Waals surface area contributed by atoms with Crippen LogP contribution in [0.2, 0.25) is 0 Å². The lowest BCUT2D eigenvalue weighted by Crippen LogP contribution is -2.28. The third kappa shape index (κ3) is 6.25. The Hall–Kier alpha value is -3.43. The van der Waals surface area contributed by atoms with E-state index in [-0.39, 0.29) is 22.7 Å². The van der Waals surface area contributed by atoms with Crippen LogP contribution in [0.25, 0.3) is 17.3 Å². The van der Waals surface area contributed by atoms with E-state index in [0.717, 1.165) is 60.0 Å². The number of hydrogen-bond acceptors (Lipinski definition) is 5. The number of anilines is 1. The van der Waals surface area contributed by atoms with Gasteiger partial charge >= 0.3 is 5.97 Å². The van der Waals surface area contributed by atoms with Crippen LogP contribution in [-0.4, -0.2) is 35.2 Å². The number of carbonyl (C=O) groups excluding carboxylic acids is 1. The maximum Gasteiger partial charge on any atom is 0.331 e. The molecule has 1 aromatic heterocycles. The van der Waals surface area contributed by atoms with Crippen molar-refractivity contribution in [3.63, 3.8) is 0 Å². The number of carbonyl (C=O) groups is 2. The zero-order valence-corrected chi connectivity index (χ0v) is 23.5. The predicted molar refractivity (Wildman–Crippen MR) is 149 cm³/mol. The molecular formula is C30H32F2N2O4S. The minimum Gasteiger partial charge on any atom is -0.478 e. The molecule has 9 heteroatoms. The van der Waals surface area contributed by atoms with Crippen LogP contribution in [0.4, 0.5) is 13.9 Å². The van der Waals surface area contributed by atoms with Crippen LogP contribution in [0.3, 0.4) is 0 Å². The van der Waals surface area contributed by atoms with Gasteiger partial charge in [-0.05, 0) is 67.4 Å². The molecule has 4 rings (SSSR count). The standard InChI is InChI=1S/C30H32F2N2O4S/c1-16(28(36)37)13-21-22(31)14-18(15-23(21)32)27(35)34-29-33-26-20-8-6-7-17(19(20)10-11-24(26)39-29)9-12-25(38-5)30(2,3)4/h6-8,13-15,25H,9-12H2,1-5H3,(H,36,37)(H,33,34,35)/b16-13+. The van der Waals surface area contributed by atoms with E-state index in [1.807, 2.05) is 12.1 Å². The molecule has 0 spiro atoms. The quantitative estimate of drug-likeness (QED) is 0.295. The van der Waals surface area contributed by atoms with Crippen LogP contribution >= 0.6 is 11.3 Å². The fourth-order valence-electron chi connectivity index (χ4n) is 4.90. The Labute approximate surface area is 230 Å². The molecule has 206 valence electrons. The highest BCUT2D eigenvalue weighted by Gasteiger charge is 2.27. The summed E-state index contributed by atoms with van der Waals surface area (Å²) in [5.41, 5.74) is 3.45. The average Bonchev–Trinajstić information content (AvgIpc) is 3.28. The van der Waals surface area contributed by atoms with Crippen LogP contribution in [0, 0.1) is 17.0 Å². The van der Waals surface area contributed by atoms with E-state index in [1.54, 1.807) is 7.11 Å². The van der Waals surface area contributed by atoms with Crippen molar-refractivity contribution in [3.05, 3.63) is 74.7 Å². The molecule has 1 atom stereocenters. The average molecular weight is 555 g/mol. The number of aliphatic carboxylic acids is 1. The highest BCUT2D eigenvalue weighted by Crippen LogP contribution is 2.40. The summed E-state index contributed by atoms with van der Waals surface area (Å²) in [6.45, 7) is 7.75. The number of fused-ring (bicyclic) bond motifs is 3. The number of carboxylic acids is 1. The van der Waals surface area contributed by atoms with E-state index < -0.39 is 29.1 Å².